The Morgan fingerprint density at radius 2 is 1.89 bits per heavy atom. The van der Waals surface area contributed by atoms with Gasteiger partial charge in [-0.1, -0.05) is 13.8 Å². The molecule has 0 aliphatic carbocycles. The third-order valence-electron chi connectivity index (χ3n) is 3.92. The van der Waals surface area contributed by atoms with Crippen molar-refractivity contribution >= 4 is 12.0 Å². The molecule has 0 saturated carbocycles. The molecule has 2 N–H and O–H groups in total. The van der Waals surface area contributed by atoms with Crippen LogP contribution >= 0.6 is 0 Å². The summed E-state index contributed by atoms with van der Waals surface area (Å²) in [4.78, 5) is 24.0. The molecule has 2 rings (SSSR count). The maximum atomic E-state index is 12.4. The second-order valence-corrected chi connectivity index (χ2v) is 6.25. The summed E-state index contributed by atoms with van der Waals surface area (Å²) < 4.78 is 11.7. The average molecular weight is 374 g/mol. The SMILES string of the molecule is CCOC(=O)NC(C(=O)NCc1ccn(-c2ccc(OC)cc2)n1)C(C)C. The Bertz CT molecular complexity index is 755. The molecule has 2 amide bonds. The monoisotopic (exact) mass is 374 g/mol. The standard InChI is InChI=1S/C19H26N4O4/c1-5-27-19(25)21-17(13(2)3)18(24)20-12-14-10-11-23(22-14)15-6-8-16(26-4)9-7-15/h6-11,13,17H,5,12H2,1-4H3,(H,20,24)(H,21,25). The molecule has 0 radical (unpaired) electrons. The zero-order chi connectivity index (χ0) is 19.8. The van der Waals surface area contributed by atoms with E-state index in [0.29, 0.717) is 5.69 Å². The number of nitrogens with one attached hydrogen (secondary N) is 2. The quantitative estimate of drug-likeness (QED) is 0.739. The van der Waals surface area contributed by atoms with E-state index in [1.165, 1.54) is 0 Å². The van der Waals surface area contributed by atoms with E-state index in [1.807, 2.05) is 50.4 Å². The minimum Gasteiger partial charge on any atom is -0.497 e. The molecule has 0 saturated heterocycles. The van der Waals surface area contributed by atoms with E-state index in [2.05, 4.69) is 15.7 Å². The Kier molecular flexibility index (Phi) is 7.22. The summed E-state index contributed by atoms with van der Waals surface area (Å²) in [6, 6.07) is 8.65. The molecular weight excluding hydrogens is 348 g/mol. The van der Waals surface area contributed by atoms with Gasteiger partial charge in [-0.3, -0.25) is 4.79 Å². The average Bonchev–Trinajstić information content (AvgIpc) is 3.13. The zero-order valence-corrected chi connectivity index (χ0v) is 16.1. The molecule has 1 aromatic heterocycles. The lowest BCUT2D eigenvalue weighted by molar-refractivity contribution is -0.124. The Labute approximate surface area is 158 Å². The van der Waals surface area contributed by atoms with E-state index in [9.17, 15) is 9.59 Å². The third-order valence-corrected chi connectivity index (χ3v) is 3.92. The first-order valence-corrected chi connectivity index (χ1v) is 8.84. The number of hydrogen-bond donors (Lipinski definition) is 2. The maximum absolute atomic E-state index is 12.4. The van der Waals surface area contributed by atoms with Crippen molar-refractivity contribution < 1.29 is 19.1 Å². The Morgan fingerprint density at radius 3 is 2.48 bits per heavy atom. The fraction of sp³-hybridized carbons (Fsp3) is 0.421. The van der Waals surface area contributed by atoms with Crippen LogP contribution in [0.3, 0.4) is 0 Å². The molecule has 8 heteroatoms. The van der Waals surface area contributed by atoms with Crippen molar-refractivity contribution in [1.29, 1.82) is 0 Å². The Morgan fingerprint density at radius 1 is 1.19 bits per heavy atom. The molecule has 8 nitrogen and oxygen atoms in total. The van der Waals surface area contributed by atoms with Crippen molar-refractivity contribution in [3.63, 3.8) is 0 Å². The lowest BCUT2D eigenvalue weighted by atomic mass is 10.0. The number of rotatable bonds is 8. The number of aromatic nitrogens is 2. The number of benzene rings is 1. The number of ether oxygens (including phenoxy) is 2. The highest BCUT2D eigenvalue weighted by atomic mass is 16.5. The molecule has 146 valence electrons. The van der Waals surface area contributed by atoms with Gasteiger partial charge in [0.2, 0.25) is 5.91 Å². The maximum Gasteiger partial charge on any atom is 0.407 e. The van der Waals surface area contributed by atoms with E-state index in [0.717, 1.165) is 11.4 Å². The van der Waals surface area contributed by atoms with Crippen LogP contribution in [0.15, 0.2) is 36.5 Å². The number of carbonyl (C=O) groups is 2. The van der Waals surface area contributed by atoms with Crippen LogP contribution in [0.4, 0.5) is 4.79 Å². The van der Waals surface area contributed by atoms with Gasteiger partial charge in [-0.25, -0.2) is 9.48 Å². The third kappa shape index (κ3) is 5.73. The lowest BCUT2D eigenvalue weighted by Gasteiger charge is -2.21. The first-order chi connectivity index (χ1) is 12.9. The second kappa shape index (κ2) is 9.61. The number of nitrogens with zero attached hydrogens (tertiary/aromatic N) is 2. The van der Waals surface area contributed by atoms with Gasteiger partial charge < -0.3 is 20.1 Å². The molecule has 2 aromatic rings. The largest absolute Gasteiger partial charge is 0.497 e. The van der Waals surface area contributed by atoms with Crippen LogP contribution in [0.25, 0.3) is 5.69 Å². The summed E-state index contributed by atoms with van der Waals surface area (Å²) in [5, 5.41) is 9.84. The van der Waals surface area contributed by atoms with Crippen LogP contribution in [0, 0.1) is 5.92 Å². The van der Waals surface area contributed by atoms with Gasteiger partial charge in [0, 0.05) is 6.20 Å². The topological polar surface area (TPSA) is 94.5 Å². The summed E-state index contributed by atoms with van der Waals surface area (Å²) >= 11 is 0. The fourth-order valence-electron chi connectivity index (χ4n) is 2.46. The van der Waals surface area contributed by atoms with Gasteiger partial charge in [0.25, 0.3) is 0 Å². The number of hydrogen-bond acceptors (Lipinski definition) is 5. The molecule has 0 spiro atoms. The number of alkyl carbamates (subject to hydrolysis) is 1. The summed E-state index contributed by atoms with van der Waals surface area (Å²) in [7, 11) is 1.62. The molecule has 0 bridgehead atoms. The highest BCUT2D eigenvalue weighted by Crippen LogP contribution is 2.14. The van der Waals surface area contributed by atoms with Gasteiger partial charge in [0.05, 0.1) is 31.6 Å². The zero-order valence-electron chi connectivity index (χ0n) is 16.1. The minimum absolute atomic E-state index is 0.0775. The molecular formula is C19H26N4O4. The van der Waals surface area contributed by atoms with Crippen molar-refractivity contribution in [1.82, 2.24) is 20.4 Å². The Hall–Kier alpha value is -3.03. The van der Waals surface area contributed by atoms with Gasteiger partial charge >= 0.3 is 6.09 Å². The highest BCUT2D eigenvalue weighted by molar-refractivity contribution is 5.85. The molecule has 0 aliphatic heterocycles. The minimum atomic E-state index is -0.673. The van der Waals surface area contributed by atoms with Crippen LogP contribution in [0.1, 0.15) is 26.5 Å². The van der Waals surface area contributed by atoms with Gasteiger partial charge in [0.1, 0.15) is 11.8 Å². The van der Waals surface area contributed by atoms with Crippen LogP contribution in [0.2, 0.25) is 0 Å². The molecule has 1 aromatic carbocycles. The fourth-order valence-corrected chi connectivity index (χ4v) is 2.46. The molecule has 27 heavy (non-hydrogen) atoms. The van der Waals surface area contributed by atoms with Crippen molar-refractivity contribution in [2.45, 2.75) is 33.4 Å². The normalized spacial score (nSPS) is 11.7. The highest BCUT2D eigenvalue weighted by Gasteiger charge is 2.24. The summed E-state index contributed by atoms with van der Waals surface area (Å²) in [6.45, 7) is 5.93. The number of methoxy groups -OCH3 is 1. The van der Waals surface area contributed by atoms with E-state index < -0.39 is 12.1 Å². The first kappa shape index (κ1) is 20.3. The number of amides is 2. The van der Waals surface area contributed by atoms with Crippen molar-refractivity contribution in [2.75, 3.05) is 13.7 Å². The van der Waals surface area contributed by atoms with Crippen LogP contribution in [0.5, 0.6) is 5.75 Å². The van der Waals surface area contributed by atoms with Crippen molar-refractivity contribution in [3.8, 4) is 11.4 Å². The van der Waals surface area contributed by atoms with Gasteiger partial charge in [-0.15, -0.1) is 0 Å². The second-order valence-electron chi connectivity index (χ2n) is 6.25. The molecule has 1 heterocycles. The first-order valence-electron chi connectivity index (χ1n) is 8.84. The van der Waals surface area contributed by atoms with Crippen molar-refractivity contribution in [3.05, 3.63) is 42.2 Å². The van der Waals surface area contributed by atoms with Crippen LogP contribution < -0.4 is 15.4 Å². The molecule has 1 atom stereocenters. The smallest absolute Gasteiger partial charge is 0.407 e. The summed E-state index contributed by atoms with van der Waals surface area (Å²) in [5.74, 6) is 0.413. The predicted octanol–water partition coefficient (Wildman–Crippen LogP) is 2.27. The molecule has 1 unspecified atom stereocenters. The van der Waals surface area contributed by atoms with Crippen LogP contribution in [-0.4, -0.2) is 41.5 Å². The van der Waals surface area contributed by atoms with Crippen molar-refractivity contribution in [2.24, 2.45) is 5.92 Å². The predicted molar refractivity (Wildman–Crippen MR) is 101 cm³/mol. The lowest BCUT2D eigenvalue weighted by Crippen LogP contribution is -2.49. The van der Waals surface area contributed by atoms with Gasteiger partial charge in [-0.2, -0.15) is 5.10 Å². The summed E-state index contributed by atoms with van der Waals surface area (Å²) in [5.41, 5.74) is 1.59. The molecule has 0 aliphatic rings. The van der Waals surface area contributed by atoms with E-state index in [1.54, 1.807) is 18.7 Å². The Balaban J connectivity index is 1.95. The van der Waals surface area contributed by atoms with E-state index >= 15 is 0 Å². The van der Waals surface area contributed by atoms with Gasteiger partial charge in [0.15, 0.2) is 0 Å². The number of carbonyl (C=O) groups excluding carboxylic acids is 2. The van der Waals surface area contributed by atoms with Crippen LogP contribution in [-0.2, 0) is 16.1 Å². The van der Waals surface area contributed by atoms with E-state index in [-0.39, 0.29) is 25.0 Å². The van der Waals surface area contributed by atoms with Gasteiger partial charge in [-0.05, 0) is 43.2 Å². The summed E-state index contributed by atoms with van der Waals surface area (Å²) in [6.07, 6.45) is 1.22. The van der Waals surface area contributed by atoms with E-state index in [4.69, 9.17) is 9.47 Å². The molecule has 0 fully saturated rings.